The van der Waals surface area contributed by atoms with Crippen LogP contribution in [0, 0.1) is 11.8 Å². The van der Waals surface area contributed by atoms with Crippen LogP contribution in [0.5, 0.6) is 0 Å². The molecule has 0 aromatic heterocycles. The Morgan fingerprint density at radius 3 is 2.50 bits per heavy atom. The minimum absolute atomic E-state index is 0.834. The summed E-state index contributed by atoms with van der Waals surface area (Å²) in [7, 11) is 0. The Kier molecular flexibility index (Phi) is 5.97. The van der Waals surface area contributed by atoms with Crippen molar-refractivity contribution in [2.75, 3.05) is 26.2 Å². The van der Waals surface area contributed by atoms with E-state index in [4.69, 9.17) is 0 Å². The summed E-state index contributed by atoms with van der Waals surface area (Å²) in [5, 5.41) is 3.74. The molecule has 1 saturated carbocycles. The molecule has 2 heteroatoms. The van der Waals surface area contributed by atoms with Crippen LogP contribution >= 0.6 is 0 Å². The SMILES string of the molecule is CC(C)C1CCCN(CCNC2CCCC2)CC1. The van der Waals surface area contributed by atoms with Crippen molar-refractivity contribution < 1.29 is 0 Å². The first-order valence-electron chi connectivity index (χ1n) is 8.21. The normalized spacial score (nSPS) is 27.8. The molecule has 2 rings (SSSR count). The number of nitrogens with zero attached hydrogens (tertiary/aromatic N) is 1. The van der Waals surface area contributed by atoms with E-state index in [1.807, 2.05) is 0 Å². The number of likely N-dealkylation sites (tertiary alicyclic amines) is 1. The van der Waals surface area contributed by atoms with E-state index in [1.165, 1.54) is 71.1 Å². The minimum Gasteiger partial charge on any atom is -0.313 e. The summed E-state index contributed by atoms with van der Waals surface area (Å²) in [6, 6.07) is 0.834. The standard InChI is InChI=1S/C16H32N2/c1-14(2)15-6-5-11-18(12-9-15)13-10-17-16-7-3-4-8-16/h14-17H,3-13H2,1-2H3. The lowest BCUT2D eigenvalue weighted by molar-refractivity contribution is 0.267. The van der Waals surface area contributed by atoms with Crippen LogP contribution in [0.1, 0.15) is 58.8 Å². The molecule has 1 aliphatic carbocycles. The smallest absolute Gasteiger partial charge is 0.0107 e. The van der Waals surface area contributed by atoms with Crippen molar-refractivity contribution in [3.05, 3.63) is 0 Å². The van der Waals surface area contributed by atoms with Gasteiger partial charge in [-0.25, -0.2) is 0 Å². The van der Waals surface area contributed by atoms with Crippen molar-refractivity contribution in [3.63, 3.8) is 0 Å². The summed E-state index contributed by atoms with van der Waals surface area (Å²) in [4.78, 5) is 2.68. The van der Waals surface area contributed by atoms with Crippen molar-refractivity contribution in [1.29, 1.82) is 0 Å². The summed E-state index contributed by atoms with van der Waals surface area (Å²) in [6.45, 7) is 9.91. The van der Waals surface area contributed by atoms with Gasteiger partial charge in [0.25, 0.3) is 0 Å². The zero-order valence-electron chi connectivity index (χ0n) is 12.5. The second-order valence-corrected chi connectivity index (χ2v) is 6.71. The third kappa shape index (κ3) is 4.55. The van der Waals surface area contributed by atoms with Crippen LogP contribution in [0.15, 0.2) is 0 Å². The van der Waals surface area contributed by atoms with E-state index in [9.17, 15) is 0 Å². The molecule has 1 heterocycles. The number of rotatable bonds is 5. The van der Waals surface area contributed by atoms with Crippen molar-refractivity contribution in [1.82, 2.24) is 10.2 Å². The van der Waals surface area contributed by atoms with Gasteiger partial charge >= 0.3 is 0 Å². The van der Waals surface area contributed by atoms with Crippen LogP contribution in [0.2, 0.25) is 0 Å². The van der Waals surface area contributed by atoms with Crippen molar-refractivity contribution in [2.45, 2.75) is 64.8 Å². The van der Waals surface area contributed by atoms with Gasteiger partial charge in [-0.3, -0.25) is 0 Å². The predicted octanol–water partition coefficient (Wildman–Crippen LogP) is 3.28. The highest BCUT2D eigenvalue weighted by Gasteiger charge is 2.19. The number of hydrogen-bond donors (Lipinski definition) is 1. The second kappa shape index (κ2) is 7.49. The number of hydrogen-bond acceptors (Lipinski definition) is 2. The van der Waals surface area contributed by atoms with E-state index in [0.29, 0.717) is 0 Å². The van der Waals surface area contributed by atoms with Gasteiger partial charge in [0.05, 0.1) is 0 Å². The maximum atomic E-state index is 3.74. The highest BCUT2D eigenvalue weighted by atomic mass is 15.1. The molecule has 18 heavy (non-hydrogen) atoms. The van der Waals surface area contributed by atoms with Crippen LogP contribution in [0.25, 0.3) is 0 Å². The quantitative estimate of drug-likeness (QED) is 0.808. The van der Waals surface area contributed by atoms with E-state index in [-0.39, 0.29) is 0 Å². The lowest BCUT2D eigenvalue weighted by Gasteiger charge is -2.22. The van der Waals surface area contributed by atoms with E-state index in [2.05, 4.69) is 24.1 Å². The van der Waals surface area contributed by atoms with Gasteiger partial charge in [-0.2, -0.15) is 0 Å². The first kappa shape index (κ1) is 14.3. The van der Waals surface area contributed by atoms with Crippen molar-refractivity contribution in [2.24, 2.45) is 11.8 Å². The molecule has 0 bridgehead atoms. The average Bonchev–Trinajstić information content (AvgIpc) is 2.73. The van der Waals surface area contributed by atoms with Gasteiger partial charge in [-0.1, -0.05) is 26.7 Å². The zero-order valence-corrected chi connectivity index (χ0v) is 12.5. The van der Waals surface area contributed by atoms with E-state index in [0.717, 1.165) is 17.9 Å². The molecular formula is C16H32N2. The molecule has 1 unspecified atom stereocenters. The maximum Gasteiger partial charge on any atom is 0.0107 e. The monoisotopic (exact) mass is 252 g/mol. The van der Waals surface area contributed by atoms with Crippen LogP contribution in [-0.4, -0.2) is 37.1 Å². The van der Waals surface area contributed by atoms with Gasteiger partial charge in [0.2, 0.25) is 0 Å². The Labute approximate surface area is 114 Å². The first-order valence-corrected chi connectivity index (χ1v) is 8.21. The van der Waals surface area contributed by atoms with Crippen LogP contribution < -0.4 is 5.32 Å². The van der Waals surface area contributed by atoms with Crippen LogP contribution in [0.3, 0.4) is 0 Å². The molecule has 0 aromatic rings. The summed E-state index contributed by atoms with van der Waals surface area (Å²) in [6.07, 6.45) is 9.98. The summed E-state index contributed by atoms with van der Waals surface area (Å²) < 4.78 is 0. The zero-order chi connectivity index (χ0) is 12.8. The highest BCUT2D eigenvalue weighted by Crippen LogP contribution is 2.24. The molecule has 106 valence electrons. The second-order valence-electron chi connectivity index (χ2n) is 6.71. The fraction of sp³-hybridized carbons (Fsp3) is 1.00. The minimum atomic E-state index is 0.834. The van der Waals surface area contributed by atoms with E-state index >= 15 is 0 Å². The molecule has 1 N–H and O–H groups in total. The van der Waals surface area contributed by atoms with Gasteiger partial charge in [0, 0.05) is 19.1 Å². The molecule has 1 saturated heterocycles. The number of nitrogens with one attached hydrogen (secondary N) is 1. The van der Waals surface area contributed by atoms with Gasteiger partial charge < -0.3 is 10.2 Å². The van der Waals surface area contributed by atoms with E-state index < -0.39 is 0 Å². The van der Waals surface area contributed by atoms with Gasteiger partial charge in [0.1, 0.15) is 0 Å². The fourth-order valence-corrected chi connectivity index (χ4v) is 3.63. The third-order valence-corrected chi connectivity index (χ3v) is 5.02. The molecule has 0 spiro atoms. The summed E-state index contributed by atoms with van der Waals surface area (Å²) >= 11 is 0. The Morgan fingerprint density at radius 1 is 1.00 bits per heavy atom. The van der Waals surface area contributed by atoms with Crippen molar-refractivity contribution >= 4 is 0 Å². The molecule has 2 nitrogen and oxygen atoms in total. The Hall–Kier alpha value is -0.0800. The van der Waals surface area contributed by atoms with Crippen LogP contribution in [-0.2, 0) is 0 Å². The molecule has 0 amide bonds. The van der Waals surface area contributed by atoms with Gasteiger partial charge in [-0.05, 0) is 57.0 Å². The Bertz CT molecular complexity index is 221. The maximum absolute atomic E-state index is 3.74. The first-order chi connectivity index (χ1) is 8.75. The Morgan fingerprint density at radius 2 is 1.78 bits per heavy atom. The largest absolute Gasteiger partial charge is 0.313 e. The van der Waals surface area contributed by atoms with Crippen molar-refractivity contribution in [3.8, 4) is 0 Å². The average molecular weight is 252 g/mol. The summed E-state index contributed by atoms with van der Waals surface area (Å²) in [5.74, 6) is 1.85. The molecular weight excluding hydrogens is 220 g/mol. The molecule has 2 fully saturated rings. The molecule has 2 aliphatic rings. The third-order valence-electron chi connectivity index (χ3n) is 5.02. The topological polar surface area (TPSA) is 15.3 Å². The van der Waals surface area contributed by atoms with Gasteiger partial charge in [0.15, 0.2) is 0 Å². The fourth-order valence-electron chi connectivity index (χ4n) is 3.63. The lowest BCUT2D eigenvalue weighted by atomic mass is 9.89. The predicted molar refractivity (Wildman–Crippen MR) is 78.9 cm³/mol. The van der Waals surface area contributed by atoms with Gasteiger partial charge in [-0.15, -0.1) is 0 Å². The molecule has 0 radical (unpaired) electrons. The lowest BCUT2D eigenvalue weighted by Crippen LogP contribution is -2.36. The van der Waals surface area contributed by atoms with E-state index in [1.54, 1.807) is 0 Å². The molecule has 1 aliphatic heterocycles. The van der Waals surface area contributed by atoms with Crippen LogP contribution in [0.4, 0.5) is 0 Å². The molecule has 0 aromatic carbocycles. The summed E-state index contributed by atoms with van der Waals surface area (Å²) in [5.41, 5.74) is 0. The Balaban J connectivity index is 1.61. The highest BCUT2D eigenvalue weighted by molar-refractivity contribution is 4.76. The molecule has 1 atom stereocenters.